The molecule has 1 aliphatic rings. The number of halogens is 3. The van der Waals surface area contributed by atoms with Crippen LogP contribution in [0.4, 0.5) is 13.2 Å². The fourth-order valence-electron chi connectivity index (χ4n) is 2.58. The van der Waals surface area contributed by atoms with Crippen LogP contribution in [-0.4, -0.2) is 38.1 Å². The molecule has 0 spiro atoms. The van der Waals surface area contributed by atoms with Crippen LogP contribution in [0.1, 0.15) is 31.2 Å². The van der Waals surface area contributed by atoms with Gasteiger partial charge in [-0.1, -0.05) is 6.07 Å². The molecule has 25 heavy (non-hydrogen) atoms. The van der Waals surface area contributed by atoms with Gasteiger partial charge in [-0.3, -0.25) is 4.79 Å². The molecule has 0 saturated heterocycles. The van der Waals surface area contributed by atoms with Crippen LogP contribution in [0.5, 0.6) is 0 Å². The first-order valence-electron chi connectivity index (χ1n) is 7.72. The zero-order valence-electron chi connectivity index (χ0n) is 13.2. The summed E-state index contributed by atoms with van der Waals surface area (Å²) in [5.41, 5.74) is -1.08. The molecule has 10 heteroatoms. The number of aliphatic hydroxyl groups is 1. The van der Waals surface area contributed by atoms with E-state index in [1.54, 1.807) is 0 Å². The third kappa shape index (κ3) is 5.68. The highest BCUT2D eigenvalue weighted by molar-refractivity contribution is 7.89. The lowest BCUT2D eigenvalue weighted by Gasteiger charge is -2.26. The van der Waals surface area contributed by atoms with Crippen molar-refractivity contribution in [3.63, 3.8) is 0 Å². The molecule has 0 atom stereocenters. The van der Waals surface area contributed by atoms with Gasteiger partial charge >= 0.3 is 6.18 Å². The number of hydrogen-bond donors (Lipinski definition) is 3. The van der Waals surface area contributed by atoms with Gasteiger partial charge in [-0.2, -0.15) is 13.2 Å². The number of hydrogen-bond acceptors (Lipinski definition) is 4. The predicted octanol–water partition coefficient (Wildman–Crippen LogP) is 1.40. The van der Waals surface area contributed by atoms with Crippen LogP contribution in [0.25, 0.3) is 0 Å². The largest absolute Gasteiger partial charge is 0.416 e. The summed E-state index contributed by atoms with van der Waals surface area (Å²) in [6.07, 6.45) is -2.75. The van der Waals surface area contributed by atoms with E-state index in [1.807, 2.05) is 4.72 Å². The van der Waals surface area contributed by atoms with Crippen molar-refractivity contribution in [1.82, 2.24) is 10.0 Å². The van der Waals surface area contributed by atoms with Gasteiger partial charge in [0.1, 0.15) is 0 Å². The first kappa shape index (κ1) is 19.7. The van der Waals surface area contributed by atoms with Crippen molar-refractivity contribution in [3.8, 4) is 0 Å². The van der Waals surface area contributed by atoms with Gasteiger partial charge < -0.3 is 10.4 Å². The second kappa shape index (κ2) is 7.71. The van der Waals surface area contributed by atoms with E-state index in [0.29, 0.717) is 31.7 Å². The number of rotatable bonds is 5. The number of carbonyl (C=O) groups excluding carboxylic acids is 1. The van der Waals surface area contributed by atoms with Crippen molar-refractivity contribution >= 4 is 15.9 Å². The highest BCUT2D eigenvalue weighted by Gasteiger charge is 2.31. The molecule has 0 aliphatic heterocycles. The number of sulfonamides is 1. The van der Waals surface area contributed by atoms with Crippen molar-refractivity contribution in [1.29, 1.82) is 0 Å². The van der Waals surface area contributed by atoms with Crippen molar-refractivity contribution in [2.24, 2.45) is 0 Å². The maximum absolute atomic E-state index is 12.7. The fourth-order valence-corrected chi connectivity index (χ4v) is 3.61. The second-order valence-electron chi connectivity index (χ2n) is 5.92. The molecular formula is C15H19F3N2O4S. The van der Waals surface area contributed by atoms with Crippen molar-refractivity contribution in [3.05, 3.63) is 29.8 Å². The molecule has 0 unspecified atom stereocenters. The quantitative estimate of drug-likeness (QED) is 0.720. The monoisotopic (exact) mass is 380 g/mol. The number of alkyl halides is 3. The van der Waals surface area contributed by atoms with Gasteiger partial charge in [0, 0.05) is 6.04 Å². The third-order valence-corrected chi connectivity index (χ3v) is 5.36. The molecule has 0 heterocycles. The van der Waals surface area contributed by atoms with E-state index in [1.165, 1.54) is 0 Å². The molecule has 3 N–H and O–H groups in total. The van der Waals surface area contributed by atoms with Gasteiger partial charge in [0.25, 0.3) is 0 Å². The van der Waals surface area contributed by atoms with Crippen LogP contribution in [0.15, 0.2) is 29.2 Å². The Morgan fingerprint density at radius 1 is 1.20 bits per heavy atom. The van der Waals surface area contributed by atoms with Crippen LogP contribution >= 0.6 is 0 Å². The van der Waals surface area contributed by atoms with Crippen LogP contribution in [0.3, 0.4) is 0 Å². The van der Waals surface area contributed by atoms with Crippen LogP contribution in [0.2, 0.25) is 0 Å². The summed E-state index contributed by atoms with van der Waals surface area (Å²) in [4.78, 5) is 11.3. The Morgan fingerprint density at radius 2 is 1.84 bits per heavy atom. The second-order valence-corrected chi connectivity index (χ2v) is 7.69. The highest BCUT2D eigenvalue weighted by atomic mass is 32.2. The van der Waals surface area contributed by atoms with E-state index in [-0.39, 0.29) is 12.1 Å². The minimum absolute atomic E-state index is 0.144. The number of nitrogens with one attached hydrogen (secondary N) is 2. The van der Waals surface area contributed by atoms with Crippen molar-refractivity contribution < 1.29 is 31.5 Å². The summed E-state index contributed by atoms with van der Waals surface area (Å²) in [7, 11) is -4.24. The van der Waals surface area contributed by atoms with Gasteiger partial charge in [0.05, 0.1) is 23.1 Å². The van der Waals surface area contributed by atoms with Gasteiger partial charge in [0.15, 0.2) is 0 Å². The summed E-state index contributed by atoms with van der Waals surface area (Å²) >= 11 is 0. The summed E-state index contributed by atoms with van der Waals surface area (Å²) < 4.78 is 64.1. The summed E-state index contributed by atoms with van der Waals surface area (Å²) in [5, 5.41) is 12.0. The topological polar surface area (TPSA) is 95.5 Å². The summed E-state index contributed by atoms with van der Waals surface area (Å²) in [6, 6.07) is 3.16. The zero-order chi connectivity index (χ0) is 18.7. The van der Waals surface area contributed by atoms with E-state index in [4.69, 9.17) is 0 Å². The average Bonchev–Trinajstić information content (AvgIpc) is 2.55. The van der Waals surface area contributed by atoms with Gasteiger partial charge in [0.2, 0.25) is 15.9 Å². The SMILES string of the molecule is O=C(CNS(=O)(=O)c1cccc(C(F)(F)F)c1)NC1CCC(O)CC1. The van der Waals surface area contributed by atoms with Crippen molar-refractivity contribution in [2.45, 2.75) is 48.9 Å². The van der Waals surface area contributed by atoms with Crippen LogP contribution < -0.4 is 10.0 Å². The standard InChI is InChI=1S/C15H19F3N2O4S/c16-15(17,18)10-2-1-3-13(8-10)25(23,24)19-9-14(22)20-11-4-6-12(21)7-5-11/h1-3,8,11-12,19,21H,4-7,9H2,(H,20,22). The van der Waals surface area contributed by atoms with E-state index >= 15 is 0 Å². The summed E-state index contributed by atoms with van der Waals surface area (Å²) in [6.45, 7) is -0.572. The number of amides is 1. The maximum atomic E-state index is 12.7. The number of aliphatic hydroxyl groups excluding tert-OH is 1. The molecule has 1 aliphatic carbocycles. The van der Waals surface area contributed by atoms with E-state index < -0.39 is 39.1 Å². The minimum atomic E-state index is -4.66. The Labute approximate surface area is 143 Å². The average molecular weight is 380 g/mol. The molecule has 1 saturated carbocycles. The molecule has 0 aromatic heterocycles. The molecule has 0 bridgehead atoms. The normalized spacial score (nSPS) is 21.8. The van der Waals surface area contributed by atoms with E-state index in [9.17, 15) is 31.5 Å². The third-order valence-electron chi connectivity index (χ3n) is 3.96. The molecule has 1 amide bonds. The lowest BCUT2D eigenvalue weighted by molar-refractivity contribution is -0.137. The van der Waals surface area contributed by atoms with Crippen LogP contribution in [-0.2, 0) is 21.0 Å². The lowest BCUT2D eigenvalue weighted by atomic mass is 9.93. The van der Waals surface area contributed by atoms with Gasteiger partial charge in [-0.25, -0.2) is 13.1 Å². The van der Waals surface area contributed by atoms with E-state index in [2.05, 4.69) is 5.32 Å². The number of benzene rings is 1. The first-order chi connectivity index (χ1) is 11.6. The first-order valence-corrected chi connectivity index (χ1v) is 9.20. The van der Waals surface area contributed by atoms with Crippen LogP contribution in [0, 0.1) is 0 Å². The van der Waals surface area contributed by atoms with E-state index in [0.717, 1.165) is 18.2 Å². The molecule has 0 radical (unpaired) electrons. The Kier molecular flexibility index (Phi) is 6.07. The molecule has 2 rings (SSSR count). The molecule has 1 aromatic rings. The summed E-state index contributed by atoms with van der Waals surface area (Å²) in [5.74, 6) is -0.572. The smallest absolute Gasteiger partial charge is 0.393 e. The van der Waals surface area contributed by atoms with Gasteiger partial charge in [-0.05, 0) is 43.9 Å². The molecule has 1 fully saturated rings. The Morgan fingerprint density at radius 3 is 2.44 bits per heavy atom. The predicted molar refractivity (Wildman–Crippen MR) is 83.0 cm³/mol. The lowest BCUT2D eigenvalue weighted by Crippen LogP contribution is -2.43. The van der Waals surface area contributed by atoms with Gasteiger partial charge in [-0.15, -0.1) is 0 Å². The minimum Gasteiger partial charge on any atom is -0.393 e. The molecule has 140 valence electrons. The Hall–Kier alpha value is -1.65. The Balaban J connectivity index is 1.94. The van der Waals surface area contributed by atoms with Crippen molar-refractivity contribution in [2.75, 3.05) is 6.54 Å². The fraction of sp³-hybridized carbons (Fsp3) is 0.533. The molecule has 1 aromatic carbocycles. The molecule has 6 nitrogen and oxygen atoms in total. The molecular weight excluding hydrogens is 361 g/mol. The zero-order valence-corrected chi connectivity index (χ0v) is 14.0. The maximum Gasteiger partial charge on any atom is 0.416 e. The highest BCUT2D eigenvalue weighted by Crippen LogP contribution is 2.30. The number of carbonyl (C=O) groups is 1. The Bertz CT molecular complexity index is 714.